The summed E-state index contributed by atoms with van der Waals surface area (Å²) in [4.78, 5) is 37.9. The highest BCUT2D eigenvalue weighted by molar-refractivity contribution is 7.15. The van der Waals surface area contributed by atoms with E-state index in [9.17, 15) is 9.59 Å². The summed E-state index contributed by atoms with van der Waals surface area (Å²) in [6.45, 7) is 2.16. The van der Waals surface area contributed by atoms with E-state index < -0.39 is 0 Å². The van der Waals surface area contributed by atoms with Crippen LogP contribution in [0, 0.1) is 17.4 Å². The number of rotatable bonds is 3. The first kappa shape index (κ1) is 17.4. The van der Waals surface area contributed by atoms with E-state index >= 15 is 0 Å². The largest absolute Gasteiger partial charge is 0.333 e. The SMILES string of the molecule is N#CN1CC[C@H](C(=O)Nc2nc3c(s2)CN(C(=O)c2cccnc2)CC3)C1. The molecule has 1 fully saturated rings. The van der Waals surface area contributed by atoms with Crippen LogP contribution in [0.1, 0.15) is 27.3 Å². The number of amides is 2. The summed E-state index contributed by atoms with van der Waals surface area (Å²) < 4.78 is 0. The molecule has 1 N–H and O–H groups in total. The van der Waals surface area contributed by atoms with Crippen molar-refractivity contribution in [3.05, 3.63) is 40.7 Å². The Bertz CT molecular complexity index is 906. The van der Waals surface area contributed by atoms with Gasteiger partial charge in [-0.2, -0.15) is 5.26 Å². The smallest absolute Gasteiger partial charge is 0.255 e. The van der Waals surface area contributed by atoms with Gasteiger partial charge in [0.25, 0.3) is 5.91 Å². The van der Waals surface area contributed by atoms with Crippen molar-refractivity contribution in [2.24, 2.45) is 5.92 Å². The lowest BCUT2D eigenvalue weighted by Crippen LogP contribution is -2.35. The average molecular weight is 382 g/mol. The van der Waals surface area contributed by atoms with Crippen molar-refractivity contribution < 1.29 is 9.59 Å². The van der Waals surface area contributed by atoms with Crippen LogP contribution in [0.5, 0.6) is 0 Å². The van der Waals surface area contributed by atoms with E-state index in [1.54, 1.807) is 34.3 Å². The maximum atomic E-state index is 12.6. The Labute approximate surface area is 160 Å². The molecule has 0 saturated carbocycles. The van der Waals surface area contributed by atoms with E-state index in [2.05, 4.69) is 21.5 Å². The Balaban J connectivity index is 1.41. The second kappa shape index (κ2) is 7.32. The standard InChI is InChI=1S/C18H18N6O2S/c19-11-23-6-3-13(9-23)16(25)22-18-21-14-4-7-24(10-15(14)27-18)17(26)12-2-1-5-20-8-12/h1-2,5,8,13H,3-4,6-7,9-10H2,(H,21,22,25)/t13-/m0/s1. The molecule has 0 aliphatic carbocycles. The molecule has 1 atom stereocenters. The van der Waals surface area contributed by atoms with Gasteiger partial charge in [-0.3, -0.25) is 14.6 Å². The molecule has 4 rings (SSSR count). The van der Waals surface area contributed by atoms with Gasteiger partial charge in [0.1, 0.15) is 0 Å². The first-order chi connectivity index (χ1) is 13.1. The fourth-order valence-electron chi connectivity index (χ4n) is 3.37. The van der Waals surface area contributed by atoms with Crippen molar-refractivity contribution in [3.63, 3.8) is 0 Å². The third-order valence-electron chi connectivity index (χ3n) is 4.86. The molecule has 0 radical (unpaired) electrons. The lowest BCUT2D eigenvalue weighted by Gasteiger charge is -2.25. The zero-order valence-electron chi connectivity index (χ0n) is 14.6. The van der Waals surface area contributed by atoms with E-state index in [-0.39, 0.29) is 17.7 Å². The molecule has 4 heterocycles. The number of pyridine rings is 1. The number of carbonyl (C=O) groups excluding carboxylic acids is 2. The molecular formula is C18H18N6O2S. The maximum Gasteiger partial charge on any atom is 0.255 e. The molecule has 0 spiro atoms. The predicted molar refractivity (Wildman–Crippen MR) is 98.7 cm³/mol. The lowest BCUT2D eigenvalue weighted by atomic mass is 10.1. The summed E-state index contributed by atoms with van der Waals surface area (Å²) in [5.41, 5.74) is 1.51. The zero-order valence-corrected chi connectivity index (χ0v) is 15.4. The minimum atomic E-state index is -0.186. The number of hydrogen-bond acceptors (Lipinski definition) is 7. The second-order valence-corrected chi connectivity index (χ2v) is 7.71. The van der Waals surface area contributed by atoms with Crippen LogP contribution in [0.4, 0.5) is 5.13 Å². The molecule has 2 aromatic rings. The van der Waals surface area contributed by atoms with Crippen LogP contribution in [-0.4, -0.2) is 51.2 Å². The normalized spacial score (nSPS) is 18.7. The van der Waals surface area contributed by atoms with Gasteiger partial charge in [-0.25, -0.2) is 4.98 Å². The molecular weight excluding hydrogens is 364 g/mol. The molecule has 0 aromatic carbocycles. The minimum Gasteiger partial charge on any atom is -0.333 e. The van der Waals surface area contributed by atoms with Crippen LogP contribution < -0.4 is 5.32 Å². The highest BCUT2D eigenvalue weighted by atomic mass is 32.1. The molecule has 138 valence electrons. The predicted octanol–water partition coefficient (Wildman–Crippen LogP) is 1.48. The van der Waals surface area contributed by atoms with Crippen molar-refractivity contribution in [2.75, 3.05) is 25.0 Å². The monoisotopic (exact) mass is 382 g/mol. The number of hydrogen-bond donors (Lipinski definition) is 1. The van der Waals surface area contributed by atoms with Gasteiger partial charge in [-0.15, -0.1) is 0 Å². The molecule has 2 aromatic heterocycles. The van der Waals surface area contributed by atoms with E-state index in [1.165, 1.54) is 11.3 Å². The molecule has 1 saturated heterocycles. The number of nitriles is 1. The van der Waals surface area contributed by atoms with Crippen LogP contribution in [0.2, 0.25) is 0 Å². The Hall–Kier alpha value is -2.99. The van der Waals surface area contributed by atoms with Crippen LogP contribution in [0.25, 0.3) is 0 Å². The Morgan fingerprint density at radius 2 is 2.26 bits per heavy atom. The van der Waals surface area contributed by atoms with E-state index in [0.29, 0.717) is 49.7 Å². The number of anilines is 1. The molecule has 0 unspecified atom stereocenters. The number of fused-ring (bicyclic) bond motifs is 1. The number of nitrogens with one attached hydrogen (secondary N) is 1. The number of aromatic nitrogens is 2. The average Bonchev–Trinajstić information content (AvgIpc) is 3.33. The van der Waals surface area contributed by atoms with Gasteiger partial charge in [-0.1, -0.05) is 11.3 Å². The number of nitrogens with zero attached hydrogens (tertiary/aromatic N) is 5. The third-order valence-corrected chi connectivity index (χ3v) is 5.86. The van der Waals surface area contributed by atoms with E-state index in [0.717, 1.165) is 10.6 Å². The molecule has 2 amide bonds. The number of likely N-dealkylation sites (tertiary alicyclic amines) is 1. The van der Waals surface area contributed by atoms with E-state index in [1.807, 2.05) is 0 Å². The fraction of sp³-hybridized carbons (Fsp3) is 0.389. The Morgan fingerprint density at radius 3 is 3.00 bits per heavy atom. The molecule has 8 nitrogen and oxygen atoms in total. The first-order valence-corrected chi connectivity index (χ1v) is 9.59. The molecule has 0 bridgehead atoms. The van der Waals surface area contributed by atoms with Crippen molar-refractivity contribution >= 4 is 28.3 Å². The number of thiazole rings is 1. The van der Waals surface area contributed by atoms with Crippen molar-refractivity contribution in [1.29, 1.82) is 5.26 Å². The van der Waals surface area contributed by atoms with Gasteiger partial charge in [-0.05, 0) is 18.6 Å². The Morgan fingerprint density at radius 1 is 1.37 bits per heavy atom. The van der Waals surface area contributed by atoms with Gasteiger partial charge in [0.15, 0.2) is 11.3 Å². The second-order valence-electron chi connectivity index (χ2n) is 6.63. The van der Waals surface area contributed by atoms with Gasteiger partial charge >= 0.3 is 0 Å². The van der Waals surface area contributed by atoms with Gasteiger partial charge < -0.3 is 15.1 Å². The van der Waals surface area contributed by atoms with Gasteiger partial charge in [0.05, 0.1) is 23.7 Å². The number of carbonyl (C=O) groups is 2. The topological polar surface area (TPSA) is 102 Å². The summed E-state index contributed by atoms with van der Waals surface area (Å²) in [6, 6.07) is 3.51. The van der Waals surface area contributed by atoms with Crippen molar-refractivity contribution in [3.8, 4) is 6.19 Å². The van der Waals surface area contributed by atoms with Crippen LogP contribution in [0.3, 0.4) is 0 Å². The van der Waals surface area contributed by atoms with Gasteiger partial charge in [0.2, 0.25) is 5.91 Å². The van der Waals surface area contributed by atoms with Crippen molar-refractivity contribution in [2.45, 2.75) is 19.4 Å². The van der Waals surface area contributed by atoms with Gasteiger partial charge in [0, 0.05) is 43.3 Å². The molecule has 9 heteroatoms. The highest BCUT2D eigenvalue weighted by Crippen LogP contribution is 2.29. The Kier molecular flexibility index (Phi) is 4.73. The summed E-state index contributed by atoms with van der Waals surface area (Å²) in [6.07, 6.45) is 6.64. The first-order valence-electron chi connectivity index (χ1n) is 8.77. The summed E-state index contributed by atoms with van der Waals surface area (Å²) in [5.74, 6) is -0.327. The summed E-state index contributed by atoms with van der Waals surface area (Å²) in [5, 5.41) is 12.4. The lowest BCUT2D eigenvalue weighted by molar-refractivity contribution is -0.119. The minimum absolute atomic E-state index is 0.0460. The van der Waals surface area contributed by atoms with Crippen LogP contribution in [-0.2, 0) is 17.8 Å². The van der Waals surface area contributed by atoms with Crippen LogP contribution in [0.15, 0.2) is 24.5 Å². The maximum absolute atomic E-state index is 12.6. The van der Waals surface area contributed by atoms with E-state index in [4.69, 9.17) is 5.26 Å². The van der Waals surface area contributed by atoms with Crippen LogP contribution >= 0.6 is 11.3 Å². The molecule has 2 aliphatic rings. The zero-order chi connectivity index (χ0) is 18.8. The highest BCUT2D eigenvalue weighted by Gasteiger charge is 2.29. The summed E-state index contributed by atoms with van der Waals surface area (Å²) >= 11 is 1.41. The quantitative estimate of drug-likeness (QED) is 0.807. The fourth-order valence-corrected chi connectivity index (χ4v) is 4.39. The molecule has 27 heavy (non-hydrogen) atoms. The summed E-state index contributed by atoms with van der Waals surface area (Å²) in [7, 11) is 0. The van der Waals surface area contributed by atoms with Crippen molar-refractivity contribution in [1.82, 2.24) is 19.8 Å². The molecule has 2 aliphatic heterocycles. The third kappa shape index (κ3) is 3.61.